The van der Waals surface area contributed by atoms with Crippen molar-refractivity contribution >= 4 is 11.6 Å². The van der Waals surface area contributed by atoms with E-state index in [2.05, 4.69) is 10.5 Å². The van der Waals surface area contributed by atoms with Crippen molar-refractivity contribution in [2.75, 3.05) is 20.3 Å². The highest BCUT2D eigenvalue weighted by atomic mass is 16.5. The van der Waals surface area contributed by atoms with Gasteiger partial charge in [-0.1, -0.05) is 18.2 Å². The number of amides is 1. The zero-order chi connectivity index (χ0) is 18.5. The average molecular weight is 354 g/mol. The van der Waals surface area contributed by atoms with E-state index in [0.29, 0.717) is 30.3 Å². The first-order chi connectivity index (χ1) is 12.6. The van der Waals surface area contributed by atoms with Gasteiger partial charge >= 0.3 is 0 Å². The topological polar surface area (TPSA) is 69.2 Å². The van der Waals surface area contributed by atoms with E-state index >= 15 is 0 Å². The molecular formula is C20H22N2O4. The summed E-state index contributed by atoms with van der Waals surface area (Å²) in [5.74, 6) is 1.70. The van der Waals surface area contributed by atoms with Crippen molar-refractivity contribution in [2.24, 2.45) is 5.10 Å². The van der Waals surface area contributed by atoms with Gasteiger partial charge in [-0.15, -0.1) is 0 Å². The number of hydrogen-bond acceptors (Lipinski definition) is 5. The quantitative estimate of drug-likeness (QED) is 0.838. The summed E-state index contributed by atoms with van der Waals surface area (Å²) in [6.07, 6.45) is 0.609. The minimum absolute atomic E-state index is 0.0947. The van der Waals surface area contributed by atoms with E-state index in [0.717, 1.165) is 22.4 Å². The van der Waals surface area contributed by atoms with Crippen LogP contribution in [0.5, 0.6) is 17.2 Å². The van der Waals surface area contributed by atoms with Gasteiger partial charge in [0.1, 0.15) is 5.75 Å². The van der Waals surface area contributed by atoms with Crippen molar-refractivity contribution in [3.63, 3.8) is 0 Å². The van der Waals surface area contributed by atoms with Crippen LogP contribution in [0.25, 0.3) is 0 Å². The first-order valence-electron chi connectivity index (χ1n) is 8.44. The number of benzene rings is 2. The summed E-state index contributed by atoms with van der Waals surface area (Å²) in [4.78, 5) is 12.1. The van der Waals surface area contributed by atoms with Crippen molar-refractivity contribution in [3.05, 3.63) is 53.1 Å². The molecule has 0 saturated carbocycles. The second-order valence-corrected chi connectivity index (χ2v) is 6.09. The number of fused-ring (bicyclic) bond motifs is 1. The van der Waals surface area contributed by atoms with Crippen LogP contribution >= 0.6 is 0 Å². The summed E-state index contributed by atoms with van der Waals surface area (Å²) in [5.41, 5.74) is 6.21. The van der Waals surface area contributed by atoms with E-state index in [4.69, 9.17) is 14.2 Å². The average Bonchev–Trinajstić information content (AvgIpc) is 2.66. The normalized spacial score (nSPS) is 14.3. The molecule has 0 aromatic heterocycles. The molecule has 1 N–H and O–H groups in total. The third kappa shape index (κ3) is 3.96. The number of nitrogens with zero attached hydrogens (tertiary/aromatic N) is 1. The maximum absolute atomic E-state index is 12.1. The number of ether oxygens (including phenoxy) is 3. The van der Waals surface area contributed by atoms with Crippen LogP contribution in [0.4, 0.5) is 0 Å². The van der Waals surface area contributed by atoms with Crippen molar-refractivity contribution in [1.82, 2.24) is 5.43 Å². The van der Waals surface area contributed by atoms with Crippen molar-refractivity contribution < 1.29 is 19.0 Å². The molecule has 0 radical (unpaired) electrons. The molecule has 2 aromatic carbocycles. The van der Waals surface area contributed by atoms with Gasteiger partial charge in [-0.05, 0) is 43.2 Å². The van der Waals surface area contributed by atoms with E-state index < -0.39 is 0 Å². The highest BCUT2D eigenvalue weighted by Crippen LogP contribution is 2.34. The van der Waals surface area contributed by atoms with E-state index in [1.807, 2.05) is 50.2 Å². The SMILES string of the molecule is COc1cccc2c1OCC/C2=N\NC(=O)COc1cc(C)ccc1C. The van der Waals surface area contributed by atoms with Gasteiger partial charge in [-0.25, -0.2) is 5.43 Å². The molecule has 0 aliphatic carbocycles. The minimum Gasteiger partial charge on any atom is -0.493 e. The highest BCUT2D eigenvalue weighted by Gasteiger charge is 2.20. The molecule has 1 amide bonds. The molecular weight excluding hydrogens is 332 g/mol. The lowest BCUT2D eigenvalue weighted by atomic mass is 10.0. The Morgan fingerprint density at radius 3 is 2.88 bits per heavy atom. The Morgan fingerprint density at radius 2 is 2.08 bits per heavy atom. The summed E-state index contributed by atoms with van der Waals surface area (Å²) in [5, 5.41) is 4.25. The first kappa shape index (κ1) is 17.8. The zero-order valence-corrected chi connectivity index (χ0v) is 15.2. The number of aryl methyl sites for hydroxylation is 2. The van der Waals surface area contributed by atoms with Crippen molar-refractivity contribution in [3.8, 4) is 17.2 Å². The van der Waals surface area contributed by atoms with Crippen molar-refractivity contribution in [2.45, 2.75) is 20.3 Å². The standard InChI is InChI=1S/C20H22N2O4/c1-13-7-8-14(2)18(11-13)26-12-19(23)22-21-16-9-10-25-20-15(16)5-4-6-17(20)24-3/h4-8,11H,9-10,12H2,1-3H3,(H,22,23)/b21-16+. The predicted octanol–water partition coefficient (Wildman–Crippen LogP) is 2.99. The van der Waals surface area contributed by atoms with Gasteiger partial charge in [-0.3, -0.25) is 4.79 Å². The van der Waals surface area contributed by atoms with Gasteiger partial charge in [0.2, 0.25) is 0 Å². The van der Waals surface area contributed by atoms with Crippen LogP contribution in [0.15, 0.2) is 41.5 Å². The predicted molar refractivity (Wildman–Crippen MR) is 99.2 cm³/mol. The molecule has 0 saturated heterocycles. The Labute approximate surface area is 152 Å². The highest BCUT2D eigenvalue weighted by molar-refractivity contribution is 6.04. The summed E-state index contributed by atoms with van der Waals surface area (Å²) in [6.45, 7) is 4.32. The molecule has 0 bridgehead atoms. The van der Waals surface area contributed by atoms with Gasteiger partial charge in [0.25, 0.3) is 5.91 Å². The summed E-state index contributed by atoms with van der Waals surface area (Å²) >= 11 is 0. The maximum Gasteiger partial charge on any atom is 0.277 e. The minimum atomic E-state index is -0.311. The Hall–Kier alpha value is -3.02. The molecule has 0 spiro atoms. The second-order valence-electron chi connectivity index (χ2n) is 6.09. The van der Waals surface area contributed by atoms with E-state index in [9.17, 15) is 4.79 Å². The van der Waals surface area contributed by atoms with Gasteiger partial charge in [0, 0.05) is 12.0 Å². The Morgan fingerprint density at radius 1 is 1.23 bits per heavy atom. The van der Waals surface area contributed by atoms with E-state index in [-0.39, 0.29) is 12.5 Å². The smallest absolute Gasteiger partial charge is 0.277 e. The van der Waals surface area contributed by atoms with E-state index in [1.54, 1.807) is 7.11 Å². The molecule has 26 heavy (non-hydrogen) atoms. The molecule has 136 valence electrons. The van der Waals surface area contributed by atoms with Gasteiger partial charge < -0.3 is 14.2 Å². The number of carbonyl (C=O) groups is 1. The Bertz CT molecular complexity index is 846. The number of carbonyl (C=O) groups excluding carboxylic acids is 1. The number of nitrogens with one attached hydrogen (secondary N) is 1. The summed E-state index contributed by atoms with van der Waals surface area (Å²) in [7, 11) is 1.59. The fourth-order valence-corrected chi connectivity index (χ4v) is 2.72. The van der Waals surface area contributed by atoms with Gasteiger partial charge in [0.15, 0.2) is 18.1 Å². The molecule has 0 unspecified atom stereocenters. The number of hydrogen-bond donors (Lipinski definition) is 1. The lowest BCUT2D eigenvalue weighted by Gasteiger charge is -2.21. The van der Waals surface area contributed by atoms with Crippen LogP contribution in [-0.2, 0) is 4.79 Å². The van der Waals surface area contributed by atoms with Crippen LogP contribution in [-0.4, -0.2) is 31.9 Å². The molecule has 1 aliphatic heterocycles. The monoisotopic (exact) mass is 354 g/mol. The third-order valence-corrected chi connectivity index (χ3v) is 4.11. The van der Waals surface area contributed by atoms with Crippen LogP contribution in [0.1, 0.15) is 23.1 Å². The molecule has 3 rings (SSSR count). The molecule has 1 heterocycles. The molecule has 1 aliphatic rings. The third-order valence-electron chi connectivity index (χ3n) is 4.11. The van der Waals surface area contributed by atoms with Gasteiger partial charge in [-0.2, -0.15) is 5.10 Å². The van der Waals surface area contributed by atoms with Crippen LogP contribution in [0.3, 0.4) is 0 Å². The number of rotatable bonds is 5. The number of methoxy groups -OCH3 is 1. The summed E-state index contributed by atoms with van der Waals surface area (Å²) in [6, 6.07) is 11.5. The fourth-order valence-electron chi connectivity index (χ4n) is 2.72. The second kappa shape index (κ2) is 7.91. The molecule has 2 aromatic rings. The van der Waals surface area contributed by atoms with Crippen molar-refractivity contribution in [1.29, 1.82) is 0 Å². The first-order valence-corrected chi connectivity index (χ1v) is 8.44. The number of para-hydroxylation sites is 1. The Kier molecular flexibility index (Phi) is 5.41. The van der Waals surface area contributed by atoms with Crippen LogP contribution < -0.4 is 19.6 Å². The zero-order valence-electron chi connectivity index (χ0n) is 15.2. The van der Waals surface area contributed by atoms with Crippen LogP contribution in [0, 0.1) is 13.8 Å². The largest absolute Gasteiger partial charge is 0.493 e. The molecule has 0 atom stereocenters. The van der Waals surface area contributed by atoms with E-state index in [1.165, 1.54) is 0 Å². The lowest BCUT2D eigenvalue weighted by molar-refractivity contribution is -0.123. The summed E-state index contributed by atoms with van der Waals surface area (Å²) < 4.78 is 16.6. The molecule has 6 nitrogen and oxygen atoms in total. The number of hydrazone groups is 1. The van der Waals surface area contributed by atoms with Gasteiger partial charge in [0.05, 0.1) is 19.4 Å². The molecule has 6 heteroatoms. The maximum atomic E-state index is 12.1. The molecule has 0 fully saturated rings. The fraction of sp³-hybridized carbons (Fsp3) is 0.300. The Balaban J connectivity index is 1.65. The van der Waals surface area contributed by atoms with Crippen LogP contribution in [0.2, 0.25) is 0 Å². The lowest BCUT2D eigenvalue weighted by Crippen LogP contribution is -2.27.